The van der Waals surface area contributed by atoms with Gasteiger partial charge in [-0.2, -0.15) is 5.10 Å². The van der Waals surface area contributed by atoms with Crippen LogP contribution in [0.3, 0.4) is 0 Å². The lowest BCUT2D eigenvalue weighted by atomic mass is 10.0. The second-order valence-corrected chi connectivity index (χ2v) is 9.49. The predicted molar refractivity (Wildman–Crippen MR) is 149 cm³/mol. The SMILES string of the molecule is CC.CC.CC(Oc1cc(-c2ccc(N3CCNCC3)cn2)cn2ncc(C3CC3)c12)C1CNC(=O)C1. The van der Waals surface area contributed by atoms with E-state index in [9.17, 15) is 4.79 Å². The molecule has 2 unspecified atom stereocenters. The molecule has 1 amide bonds. The summed E-state index contributed by atoms with van der Waals surface area (Å²) in [5.41, 5.74) is 5.33. The molecule has 3 aliphatic rings. The second kappa shape index (κ2) is 12.4. The molecule has 2 N–H and O–H groups in total. The molecule has 200 valence electrons. The highest BCUT2D eigenvalue weighted by atomic mass is 16.5. The van der Waals surface area contributed by atoms with Gasteiger partial charge < -0.3 is 20.3 Å². The van der Waals surface area contributed by atoms with Crippen LogP contribution in [0.4, 0.5) is 5.69 Å². The molecule has 3 aromatic heterocycles. The number of nitrogens with zero attached hydrogens (tertiary/aromatic N) is 4. The summed E-state index contributed by atoms with van der Waals surface area (Å²) in [4.78, 5) is 18.9. The number of carbonyl (C=O) groups is 1. The standard InChI is InChI=1S/C25H30N6O2.2C2H6/c1-16(18-11-24(32)28-12-18)33-23-10-19(15-31-25(23)21(14-29-31)17-2-3-17)22-5-4-20(13-27-22)30-8-6-26-7-9-30;2*1-2/h4-5,10,13-18,26H,2-3,6-9,11-12H2,1H3,(H,28,32);2*1-2H3. The van der Waals surface area contributed by atoms with Crippen LogP contribution in [0.1, 0.15) is 65.4 Å². The molecule has 0 radical (unpaired) electrons. The van der Waals surface area contributed by atoms with Crippen molar-refractivity contribution in [2.24, 2.45) is 5.92 Å². The summed E-state index contributed by atoms with van der Waals surface area (Å²) in [7, 11) is 0. The van der Waals surface area contributed by atoms with Gasteiger partial charge in [-0.05, 0) is 43.9 Å². The zero-order valence-electron chi connectivity index (χ0n) is 23.0. The molecule has 37 heavy (non-hydrogen) atoms. The van der Waals surface area contributed by atoms with E-state index in [1.165, 1.54) is 18.4 Å². The van der Waals surface area contributed by atoms with Gasteiger partial charge in [0.25, 0.3) is 0 Å². The summed E-state index contributed by atoms with van der Waals surface area (Å²) in [6, 6.07) is 6.32. The number of piperazine rings is 1. The number of rotatable bonds is 6. The van der Waals surface area contributed by atoms with Crippen molar-refractivity contribution in [1.82, 2.24) is 25.2 Å². The van der Waals surface area contributed by atoms with Crippen molar-refractivity contribution in [3.63, 3.8) is 0 Å². The van der Waals surface area contributed by atoms with Crippen LogP contribution >= 0.6 is 0 Å². The van der Waals surface area contributed by atoms with Gasteiger partial charge in [0.05, 0.1) is 23.8 Å². The quantitative estimate of drug-likeness (QED) is 0.507. The Balaban J connectivity index is 0.000000765. The molecule has 1 aliphatic carbocycles. The maximum Gasteiger partial charge on any atom is 0.220 e. The van der Waals surface area contributed by atoms with Gasteiger partial charge in [0.2, 0.25) is 5.91 Å². The number of pyridine rings is 2. The molecule has 1 saturated carbocycles. The number of ether oxygens (including phenoxy) is 1. The number of anilines is 1. The Bertz CT molecular complexity index is 1170. The molecular weight excluding hydrogens is 464 g/mol. The topological polar surface area (TPSA) is 83.8 Å². The Hall–Kier alpha value is -3.13. The minimum absolute atomic E-state index is 0.0759. The average molecular weight is 507 g/mol. The molecule has 8 heteroatoms. The molecule has 2 saturated heterocycles. The van der Waals surface area contributed by atoms with Crippen LogP contribution in [-0.2, 0) is 4.79 Å². The van der Waals surface area contributed by atoms with Gasteiger partial charge in [0.1, 0.15) is 17.4 Å². The predicted octanol–water partition coefficient (Wildman–Crippen LogP) is 4.64. The van der Waals surface area contributed by atoms with Crippen molar-refractivity contribution in [3.05, 3.63) is 42.4 Å². The Morgan fingerprint density at radius 3 is 2.46 bits per heavy atom. The maximum atomic E-state index is 11.7. The third kappa shape index (κ3) is 6.06. The first-order chi connectivity index (χ1) is 18.2. The van der Waals surface area contributed by atoms with Gasteiger partial charge in [0, 0.05) is 62.4 Å². The average Bonchev–Trinajstić information content (AvgIpc) is 3.56. The third-order valence-corrected chi connectivity index (χ3v) is 7.13. The van der Waals surface area contributed by atoms with Gasteiger partial charge in [-0.25, -0.2) is 4.52 Å². The second-order valence-electron chi connectivity index (χ2n) is 9.49. The van der Waals surface area contributed by atoms with E-state index >= 15 is 0 Å². The zero-order chi connectivity index (χ0) is 26.4. The minimum Gasteiger partial charge on any atom is -0.488 e. The highest BCUT2D eigenvalue weighted by Crippen LogP contribution is 2.44. The summed E-state index contributed by atoms with van der Waals surface area (Å²) in [5.74, 6) is 1.67. The summed E-state index contributed by atoms with van der Waals surface area (Å²) >= 11 is 0. The van der Waals surface area contributed by atoms with Crippen molar-refractivity contribution in [2.75, 3.05) is 37.6 Å². The molecule has 6 rings (SSSR count). The molecule has 0 spiro atoms. The lowest BCUT2D eigenvalue weighted by molar-refractivity contribution is -0.119. The van der Waals surface area contributed by atoms with Crippen LogP contribution < -0.4 is 20.3 Å². The van der Waals surface area contributed by atoms with Crippen LogP contribution in [0.15, 0.2) is 36.8 Å². The number of hydrogen-bond acceptors (Lipinski definition) is 6. The van der Waals surface area contributed by atoms with Crippen molar-refractivity contribution in [2.45, 2.75) is 65.9 Å². The number of aromatic nitrogens is 3. The largest absolute Gasteiger partial charge is 0.488 e. The fraction of sp³-hybridized carbons (Fsp3) is 0.552. The van der Waals surface area contributed by atoms with E-state index in [0.29, 0.717) is 18.9 Å². The van der Waals surface area contributed by atoms with Crippen LogP contribution in [0, 0.1) is 5.92 Å². The zero-order valence-corrected chi connectivity index (χ0v) is 23.0. The fourth-order valence-electron chi connectivity index (χ4n) is 4.95. The highest BCUT2D eigenvalue weighted by Gasteiger charge is 2.31. The van der Waals surface area contributed by atoms with Gasteiger partial charge in [-0.15, -0.1) is 0 Å². The molecule has 2 aliphatic heterocycles. The van der Waals surface area contributed by atoms with Crippen molar-refractivity contribution >= 4 is 17.1 Å². The molecule has 5 heterocycles. The van der Waals surface area contributed by atoms with Crippen LogP contribution in [-0.4, -0.2) is 59.3 Å². The molecule has 2 atom stereocenters. The van der Waals surface area contributed by atoms with Crippen LogP contribution in [0.5, 0.6) is 5.75 Å². The van der Waals surface area contributed by atoms with Gasteiger partial charge in [-0.3, -0.25) is 9.78 Å². The van der Waals surface area contributed by atoms with Gasteiger partial charge in [-0.1, -0.05) is 27.7 Å². The fourth-order valence-corrected chi connectivity index (χ4v) is 4.95. The van der Waals surface area contributed by atoms with Crippen molar-refractivity contribution in [3.8, 4) is 17.0 Å². The van der Waals surface area contributed by atoms with E-state index in [0.717, 1.165) is 54.4 Å². The smallest absolute Gasteiger partial charge is 0.220 e. The summed E-state index contributed by atoms with van der Waals surface area (Å²) in [6.07, 6.45) is 8.83. The van der Waals surface area contributed by atoms with Gasteiger partial charge in [0.15, 0.2) is 0 Å². The van der Waals surface area contributed by atoms with E-state index in [1.807, 2.05) is 50.8 Å². The summed E-state index contributed by atoms with van der Waals surface area (Å²) in [6.45, 7) is 14.7. The molecule has 8 nitrogen and oxygen atoms in total. The summed E-state index contributed by atoms with van der Waals surface area (Å²) in [5, 5.41) is 11.0. The normalized spacial score (nSPS) is 19.9. The Morgan fingerprint density at radius 1 is 1.08 bits per heavy atom. The number of amides is 1. The molecule has 0 aromatic carbocycles. The lowest BCUT2D eigenvalue weighted by Crippen LogP contribution is -2.43. The van der Waals surface area contributed by atoms with E-state index in [1.54, 1.807) is 0 Å². The van der Waals surface area contributed by atoms with Gasteiger partial charge >= 0.3 is 0 Å². The molecule has 3 aromatic rings. The van der Waals surface area contributed by atoms with E-state index in [4.69, 9.17) is 9.72 Å². The number of carbonyl (C=O) groups excluding carboxylic acids is 1. The Labute approximate surface area is 220 Å². The van der Waals surface area contributed by atoms with E-state index < -0.39 is 0 Å². The van der Waals surface area contributed by atoms with E-state index in [-0.39, 0.29) is 17.9 Å². The van der Waals surface area contributed by atoms with E-state index in [2.05, 4.69) is 45.8 Å². The molecule has 0 bridgehead atoms. The highest BCUT2D eigenvalue weighted by molar-refractivity contribution is 5.78. The number of nitrogens with one attached hydrogen (secondary N) is 2. The number of fused-ring (bicyclic) bond motifs is 1. The number of hydrogen-bond donors (Lipinski definition) is 2. The molecular formula is C29H42N6O2. The first kappa shape index (κ1) is 26.9. The summed E-state index contributed by atoms with van der Waals surface area (Å²) < 4.78 is 8.46. The first-order valence-electron chi connectivity index (χ1n) is 14.0. The first-order valence-corrected chi connectivity index (χ1v) is 14.0. The monoisotopic (exact) mass is 506 g/mol. The molecule has 3 fully saturated rings. The maximum absolute atomic E-state index is 11.7. The Morgan fingerprint density at radius 2 is 1.84 bits per heavy atom. The third-order valence-electron chi connectivity index (χ3n) is 7.13. The lowest BCUT2D eigenvalue weighted by Gasteiger charge is -2.29. The van der Waals surface area contributed by atoms with Crippen LogP contribution in [0.25, 0.3) is 16.8 Å². The van der Waals surface area contributed by atoms with Crippen molar-refractivity contribution in [1.29, 1.82) is 0 Å². The van der Waals surface area contributed by atoms with Crippen LogP contribution in [0.2, 0.25) is 0 Å². The minimum atomic E-state index is -0.0759. The Kier molecular flexibility index (Phi) is 9.03. The van der Waals surface area contributed by atoms with Crippen molar-refractivity contribution < 1.29 is 9.53 Å².